The van der Waals surface area contributed by atoms with Gasteiger partial charge in [0.25, 0.3) is 0 Å². The fourth-order valence-corrected chi connectivity index (χ4v) is 16.8. The zero-order chi connectivity index (χ0) is 62.2. The molecular formula is C90H70N2. The van der Waals surface area contributed by atoms with Crippen LogP contribution in [0.15, 0.2) is 267 Å². The van der Waals surface area contributed by atoms with Crippen LogP contribution in [-0.4, -0.2) is 0 Å². The molecule has 0 bridgehead atoms. The predicted octanol–water partition coefficient (Wildman–Crippen LogP) is 24.6. The van der Waals surface area contributed by atoms with Gasteiger partial charge in [-0.05, 0) is 240 Å². The number of benzene rings is 14. The van der Waals surface area contributed by atoms with Crippen molar-refractivity contribution in [3.8, 4) is 44.5 Å². The molecular weight excluding hydrogens is 1110 g/mol. The van der Waals surface area contributed by atoms with Crippen molar-refractivity contribution in [1.82, 2.24) is 0 Å². The number of nitrogens with zero attached hydrogens (tertiary/aromatic N) is 2. The Morgan fingerprint density at radius 1 is 0.196 bits per heavy atom. The van der Waals surface area contributed by atoms with E-state index in [1.165, 1.54) is 143 Å². The second kappa shape index (κ2) is 19.5. The normalized spacial score (nSPS) is 15.3. The SMILES string of the molecule is CC1(C)c2cc(C=Cc3ccc4c(c3)C(C)(C)c3cc5c(cc3-4)C(C)(C)c3cc(N(c4ccc6ccccc6c4)c4ccc6ccccc6c4)ccc3-5)ccc2-c2cc3c(cc21)-c1ccc(N(c2ccc4ccccc4c2)c2ccc4ccccc4c2)cc1C3(C)C. The van der Waals surface area contributed by atoms with E-state index in [1.807, 2.05) is 0 Å². The lowest BCUT2D eigenvalue weighted by atomic mass is 9.79. The first kappa shape index (κ1) is 54.4. The van der Waals surface area contributed by atoms with Crippen molar-refractivity contribution in [2.75, 3.05) is 9.80 Å². The van der Waals surface area contributed by atoms with E-state index in [2.05, 4.69) is 344 Å². The first-order valence-corrected chi connectivity index (χ1v) is 32.8. The molecule has 0 aromatic heterocycles. The van der Waals surface area contributed by atoms with Crippen molar-refractivity contribution in [2.45, 2.75) is 77.0 Å². The van der Waals surface area contributed by atoms with Crippen LogP contribution in [-0.2, 0) is 21.7 Å². The summed E-state index contributed by atoms with van der Waals surface area (Å²) in [5.74, 6) is 0. The van der Waals surface area contributed by atoms with Crippen molar-refractivity contribution >= 4 is 89.4 Å². The quantitative estimate of drug-likeness (QED) is 0.140. The summed E-state index contributed by atoms with van der Waals surface area (Å²) in [5.41, 5.74) is 30.4. The minimum absolute atomic E-state index is 0.184. The summed E-state index contributed by atoms with van der Waals surface area (Å²) < 4.78 is 0. The molecule has 14 aromatic rings. The van der Waals surface area contributed by atoms with Gasteiger partial charge >= 0.3 is 0 Å². The third-order valence-electron chi connectivity index (χ3n) is 21.9. The van der Waals surface area contributed by atoms with Gasteiger partial charge in [-0.2, -0.15) is 0 Å². The molecule has 0 fully saturated rings. The minimum Gasteiger partial charge on any atom is -0.310 e. The van der Waals surface area contributed by atoms with Gasteiger partial charge in [0.1, 0.15) is 0 Å². The van der Waals surface area contributed by atoms with Crippen molar-refractivity contribution in [1.29, 1.82) is 0 Å². The standard InChI is InChI=1S/C90H70N2/c1-87(2)79-43-55(27-39-71(79)75-51-85-77(53-83(75)87)73-41-37-69(49-81(73)89(85,5)6)91(65-33-29-57-17-9-13-21-61(57)45-65)66-34-30-58-18-10-14-22-62(58)46-66)25-26-56-28-40-72-76-52-86-78(54-84(76)88(3,4)80(72)44-56)74-42-38-70(50-82(74)90(86,7)8)92(67-35-31-59-19-11-15-23-63(59)47-67)68-36-32-60-20-12-16-24-64(60)48-68/h9-54H,1-8H3. The molecule has 4 aliphatic carbocycles. The zero-order valence-electron chi connectivity index (χ0n) is 53.5. The predicted molar refractivity (Wildman–Crippen MR) is 391 cm³/mol. The molecule has 18 rings (SSSR count). The summed E-state index contributed by atoms with van der Waals surface area (Å²) in [6.45, 7) is 19.4. The molecule has 0 unspecified atom stereocenters. The highest BCUT2D eigenvalue weighted by Crippen LogP contribution is 2.60. The smallest absolute Gasteiger partial charge is 0.0468 e. The zero-order valence-corrected chi connectivity index (χ0v) is 53.5. The number of hydrogen-bond acceptors (Lipinski definition) is 2. The molecule has 0 amide bonds. The molecule has 2 nitrogen and oxygen atoms in total. The van der Waals surface area contributed by atoms with E-state index < -0.39 is 0 Å². The Morgan fingerprint density at radius 3 is 0.696 bits per heavy atom. The molecule has 92 heavy (non-hydrogen) atoms. The number of fused-ring (bicyclic) bond motifs is 16. The van der Waals surface area contributed by atoms with Gasteiger partial charge in [0.2, 0.25) is 0 Å². The van der Waals surface area contributed by atoms with Crippen LogP contribution >= 0.6 is 0 Å². The summed E-state index contributed by atoms with van der Waals surface area (Å²) in [7, 11) is 0. The molecule has 440 valence electrons. The van der Waals surface area contributed by atoms with Crippen LogP contribution < -0.4 is 9.80 Å². The Bertz CT molecular complexity index is 5050. The molecule has 0 spiro atoms. The average molecular weight is 1180 g/mol. The Morgan fingerprint density at radius 2 is 0.413 bits per heavy atom. The maximum absolute atomic E-state index is 2.54. The molecule has 4 aliphatic rings. The van der Waals surface area contributed by atoms with Gasteiger partial charge in [-0.15, -0.1) is 0 Å². The highest BCUT2D eigenvalue weighted by molar-refractivity contribution is 5.98. The van der Waals surface area contributed by atoms with Gasteiger partial charge in [0.05, 0.1) is 0 Å². The van der Waals surface area contributed by atoms with Crippen LogP contribution in [0.2, 0.25) is 0 Å². The second-order valence-electron chi connectivity index (χ2n) is 28.6. The Balaban J connectivity index is 0.637. The molecule has 0 saturated heterocycles. The lowest BCUT2D eigenvalue weighted by molar-refractivity contribution is 0.652. The summed E-state index contributed by atoms with van der Waals surface area (Å²) in [5, 5.41) is 9.89. The van der Waals surface area contributed by atoms with E-state index in [0.29, 0.717) is 0 Å². The maximum Gasteiger partial charge on any atom is 0.0468 e. The van der Waals surface area contributed by atoms with E-state index >= 15 is 0 Å². The fraction of sp³-hybridized carbons (Fsp3) is 0.133. The highest BCUT2D eigenvalue weighted by atomic mass is 15.1. The molecule has 0 saturated carbocycles. The van der Waals surface area contributed by atoms with Gasteiger partial charge in [-0.25, -0.2) is 0 Å². The monoisotopic (exact) mass is 1180 g/mol. The topological polar surface area (TPSA) is 6.48 Å². The first-order chi connectivity index (χ1) is 44.6. The number of anilines is 6. The van der Waals surface area contributed by atoms with E-state index in [9.17, 15) is 0 Å². The lowest BCUT2D eigenvalue weighted by Crippen LogP contribution is -2.17. The fourth-order valence-electron chi connectivity index (χ4n) is 16.8. The maximum atomic E-state index is 2.54. The third-order valence-corrected chi connectivity index (χ3v) is 21.9. The molecule has 14 aromatic carbocycles. The van der Waals surface area contributed by atoms with Crippen LogP contribution in [0.4, 0.5) is 34.1 Å². The molecule has 2 heteroatoms. The minimum atomic E-state index is -0.218. The molecule has 0 N–H and O–H groups in total. The first-order valence-electron chi connectivity index (χ1n) is 32.8. The van der Waals surface area contributed by atoms with Crippen LogP contribution in [0.25, 0.3) is 99.7 Å². The largest absolute Gasteiger partial charge is 0.310 e. The van der Waals surface area contributed by atoms with Crippen LogP contribution in [0.1, 0.15) is 111 Å². The average Bonchev–Trinajstić information content (AvgIpc) is 1.55. The Labute approximate surface area is 540 Å². The Kier molecular flexibility index (Phi) is 11.5. The number of hydrogen-bond donors (Lipinski definition) is 0. The van der Waals surface area contributed by atoms with Crippen molar-refractivity contribution in [2.24, 2.45) is 0 Å². The second-order valence-corrected chi connectivity index (χ2v) is 28.6. The van der Waals surface area contributed by atoms with Gasteiger partial charge in [0, 0.05) is 55.8 Å². The summed E-state index contributed by atoms with van der Waals surface area (Å²) >= 11 is 0. The summed E-state index contributed by atoms with van der Waals surface area (Å²) in [6, 6.07) is 101. The number of rotatable bonds is 8. The molecule has 0 heterocycles. The van der Waals surface area contributed by atoms with Crippen LogP contribution in [0.5, 0.6) is 0 Å². The third kappa shape index (κ3) is 8.05. The molecule has 0 aliphatic heterocycles. The molecule has 0 radical (unpaired) electrons. The van der Waals surface area contributed by atoms with Gasteiger partial charge in [-0.3, -0.25) is 0 Å². The Hall–Kier alpha value is -10.5. The highest BCUT2D eigenvalue weighted by Gasteiger charge is 2.44. The van der Waals surface area contributed by atoms with Gasteiger partial charge in [0.15, 0.2) is 0 Å². The van der Waals surface area contributed by atoms with E-state index in [4.69, 9.17) is 0 Å². The molecule has 0 atom stereocenters. The van der Waals surface area contributed by atoms with E-state index in [0.717, 1.165) is 34.1 Å². The van der Waals surface area contributed by atoms with E-state index in [1.54, 1.807) is 0 Å². The van der Waals surface area contributed by atoms with Crippen molar-refractivity contribution in [3.63, 3.8) is 0 Å². The van der Waals surface area contributed by atoms with Crippen molar-refractivity contribution < 1.29 is 0 Å². The van der Waals surface area contributed by atoms with Crippen LogP contribution in [0.3, 0.4) is 0 Å². The summed E-state index contributed by atoms with van der Waals surface area (Å²) in [6.07, 6.45) is 4.66. The van der Waals surface area contributed by atoms with Crippen molar-refractivity contribution in [3.05, 3.63) is 323 Å². The van der Waals surface area contributed by atoms with Gasteiger partial charge < -0.3 is 9.80 Å². The van der Waals surface area contributed by atoms with Crippen LogP contribution in [0, 0.1) is 0 Å². The van der Waals surface area contributed by atoms with Gasteiger partial charge in [-0.1, -0.05) is 237 Å². The summed E-state index contributed by atoms with van der Waals surface area (Å²) in [4.78, 5) is 4.89. The lowest BCUT2D eigenvalue weighted by Gasteiger charge is -2.28. The van der Waals surface area contributed by atoms with E-state index in [-0.39, 0.29) is 21.7 Å².